The van der Waals surface area contributed by atoms with Gasteiger partial charge in [0.25, 0.3) is 0 Å². The Morgan fingerprint density at radius 3 is 2.95 bits per heavy atom. The zero-order valence-corrected chi connectivity index (χ0v) is 11.0. The van der Waals surface area contributed by atoms with Crippen molar-refractivity contribution in [2.75, 3.05) is 13.2 Å². The van der Waals surface area contributed by atoms with E-state index in [0.717, 1.165) is 11.3 Å². The fraction of sp³-hybridized carbons (Fsp3) is 0.500. The second-order valence-electron chi connectivity index (χ2n) is 4.76. The van der Waals surface area contributed by atoms with Crippen LogP contribution in [0.3, 0.4) is 0 Å². The third-order valence-corrected chi connectivity index (χ3v) is 3.53. The second kappa shape index (κ2) is 5.81. The smallest absolute Gasteiger partial charge is 0.240 e. The van der Waals surface area contributed by atoms with Crippen molar-refractivity contribution in [2.45, 2.75) is 26.3 Å². The van der Waals surface area contributed by atoms with Gasteiger partial charge in [-0.15, -0.1) is 0 Å². The highest BCUT2D eigenvalue weighted by molar-refractivity contribution is 5.85. The molecular weight excluding hydrogens is 242 g/mol. The quantitative estimate of drug-likeness (QED) is 0.888. The summed E-state index contributed by atoms with van der Waals surface area (Å²) < 4.78 is 5.22. The lowest BCUT2D eigenvalue weighted by Gasteiger charge is -2.29. The standard InChI is InChI=1S/C14H17N3O2/c1-11-3-2-6-16-12(11)9-17-13(18)14(10-15)4-7-19-8-5-14/h2-3,6H,4-5,7-9H2,1H3,(H,17,18). The number of nitrogens with zero attached hydrogens (tertiary/aromatic N) is 2. The van der Waals surface area contributed by atoms with Crippen LogP contribution in [0.25, 0.3) is 0 Å². The Morgan fingerprint density at radius 2 is 2.32 bits per heavy atom. The lowest BCUT2D eigenvalue weighted by Crippen LogP contribution is -2.43. The number of nitrogens with one attached hydrogen (secondary N) is 1. The average molecular weight is 259 g/mol. The summed E-state index contributed by atoms with van der Waals surface area (Å²) in [6, 6.07) is 5.96. The molecule has 5 nitrogen and oxygen atoms in total. The van der Waals surface area contributed by atoms with Crippen molar-refractivity contribution in [3.05, 3.63) is 29.6 Å². The summed E-state index contributed by atoms with van der Waals surface area (Å²) in [5, 5.41) is 12.1. The molecule has 0 unspecified atom stereocenters. The predicted octanol–water partition coefficient (Wildman–Crippen LogP) is 1.33. The minimum atomic E-state index is -0.944. The molecule has 0 bridgehead atoms. The molecule has 1 fully saturated rings. The van der Waals surface area contributed by atoms with E-state index < -0.39 is 5.41 Å². The Bertz CT molecular complexity index is 502. The molecule has 2 heterocycles. The largest absolute Gasteiger partial charge is 0.381 e. The van der Waals surface area contributed by atoms with Crippen LogP contribution in [0, 0.1) is 23.7 Å². The van der Waals surface area contributed by atoms with Gasteiger partial charge in [0, 0.05) is 19.4 Å². The number of nitriles is 1. The molecule has 1 saturated heterocycles. The van der Waals surface area contributed by atoms with Crippen molar-refractivity contribution in [1.29, 1.82) is 5.26 Å². The zero-order chi connectivity index (χ0) is 13.7. The molecule has 100 valence electrons. The number of carbonyl (C=O) groups excluding carboxylic acids is 1. The number of carbonyl (C=O) groups is 1. The number of pyridine rings is 1. The predicted molar refractivity (Wildman–Crippen MR) is 68.9 cm³/mol. The van der Waals surface area contributed by atoms with Crippen molar-refractivity contribution in [1.82, 2.24) is 10.3 Å². The van der Waals surface area contributed by atoms with Crippen LogP contribution < -0.4 is 5.32 Å². The molecule has 2 rings (SSSR count). The van der Waals surface area contributed by atoms with E-state index >= 15 is 0 Å². The third-order valence-electron chi connectivity index (χ3n) is 3.53. The minimum Gasteiger partial charge on any atom is -0.381 e. The van der Waals surface area contributed by atoms with E-state index in [1.54, 1.807) is 6.20 Å². The van der Waals surface area contributed by atoms with Gasteiger partial charge in [-0.1, -0.05) is 6.07 Å². The maximum absolute atomic E-state index is 12.2. The van der Waals surface area contributed by atoms with E-state index in [1.165, 1.54) is 0 Å². The van der Waals surface area contributed by atoms with Crippen LogP contribution in [0.5, 0.6) is 0 Å². The summed E-state index contributed by atoms with van der Waals surface area (Å²) in [5.74, 6) is -0.219. The Morgan fingerprint density at radius 1 is 1.58 bits per heavy atom. The molecule has 0 saturated carbocycles. The molecule has 19 heavy (non-hydrogen) atoms. The molecule has 0 atom stereocenters. The van der Waals surface area contributed by atoms with Crippen molar-refractivity contribution >= 4 is 5.91 Å². The Hall–Kier alpha value is -1.93. The number of ether oxygens (including phenoxy) is 1. The first kappa shape index (κ1) is 13.5. The van der Waals surface area contributed by atoms with Gasteiger partial charge in [0.15, 0.2) is 0 Å². The molecule has 5 heteroatoms. The number of hydrogen-bond donors (Lipinski definition) is 1. The first-order chi connectivity index (χ1) is 9.18. The van der Waals surface area contributed by atoms with Gasteiger partial charge in [-0.05, 0) is 31.4 Å². The summed E-state index contributed by atoms with van der Waals surface area (Å²) >= 11 is 0. The fourth-order valence-corrected chi connectivity index (χ4v) is 2.15. The Balaban J connectivity index is 2.01. The molecule has 1 aromatic rings. The lowest BCUT2D eigenvalue weighted by atomic mass is 9.81. The summed E-state index contributed by atoms with van der Waals surface area (Å²) in [4.78, 5) is 16.4. The molecule has 1 aromatic heterocycles. The molecule has 0 aromatic carbocycles. The van der Waals surface area contributed by atoms with Gasteiger partial charge in [-0.3, -0.25) is 9.78 Å². The molecule has 1 aliphatic heterocycles. The molecule has 1 aliphatic rings. The highest BCUT2D eigenvalue weighted by atomic mass is 16.5. The molecule has 1 amide bonds. The average Bonchev–Trinajstić information content (AvgIpc) is 2.46. The van der Waals surface area contributed by atoms with E-state index in [4.69, 9.17) is 4.74 Å². The van der Waals surface area contributed by atoms with Crippen LogP contribution in [-0.4, -0.2) is 24.1 Å². The summed E-state index contributed by atoms with van der Waals surface area (Å²) in [7, 11) is 0. The van der Waals surface area contributed by atoms with Crippen molar-refractivity contribution < 1.29 is 9.53 Å². The monoisotopic (exact) mass is 259 g/mol. The van der Waals surface area contributed by atoms with E-state index in [9.17, 15) is 10.1 Å². The molecule has 0 radical (unpaired) electrons. The van der Waals surface area contributed by atoms with Gasteiger partial charge in [0.05, 0.1) is 18.3 Å². The van der Waals surface area contributed by atoms with Gasteiger partial charge in [-0.2, -0.15) is 5.26 Å². The molecular formula is C14H17N3O2. The summed E-state index contributed by atoms with van der Waals surface area (Å²) in [6.45, 7) is 3.23. The van der Waals surface area contributed by atoms with Crippen molar-refractivity contribution in [2.24, 2.45) is 5.41 Å². The Kier molecular flexibility index (Phi) is 4.13. The van der Waals surface area contributed by atoms with Crippen LogP contribution in [-0.2, 0) is 16.1 Å². The van der Waals surface area contributed by atoms with Crippen molar-refractivity contribution in [3.63, 3.8) is 0 Å². The van der Waals surface area contributed by atoms with Gasteiger partial charge >= 0.3 is 0 Å². The first-order valence-corrected chi connectivity index (χ1v) is 6.36. The Labute approximate surface area is 112 Å². The molecule has 0 aliphatic carbocycles. The molecule has 0 spiro atoms. The van der Waals surface area contributed by atoms with Crippen LogP contribution in [0.2, 0.25) is 0 Å². The van der Waals surface area contributed by atoms with Crippen molar-refractivity contribution in [3.8, 4) is 6.07 Å². The highest BCUT2D eigenvalue weighted by Gasteiger charge is 2.40. The maximum atomic E-state index is 12.2. The van der Waals surface area contributed by atoms with Gasteiger partial charge < -0.3 is 10.1 Å². The summed E-state index contributed by atoms with van der Waals surface area (Å²) in [5.41, 5.74) is 0.915. The van der Waals surface area contributed by atoms with E-state index in [-0.39, 0.29) is 5.91 Å². The first-order valence-electron chi connectivity index (χ1n) is 6.36. The van der Waals surface area contributed by atoms with Crippen LogP contribution in [0.1, 0.15) is 24.1 Å². The number of aromatic nitrogens is 1. The summed E-state index contributed by atoms with van der Waals surface area (Å²) in [6.07, 6.45) is 2.61. The number of aryl methyl sites for hydroxylation is 1. The van der Waals surface area contributed by atoms with Gasteiger partial charge in [-0.25, -0.2) is 0 Å². The van der Waals surface area contributed by atoms with Gasteiger partial charge in [0.1, 0.15) is 5.41 Å². The zero-order valence-electron chi connectivity index (χ0n) is 11.0. The fourth-order valence-electron chi connectivity index (χ4n) is 2.15. The van der Waals surface area contributed by atoms with E-state index in [0.29, 0.717) is 32.6 Å². The van der Waals surface area contributed by atoms with Gasteiger partial charge in [0.2, 0.25) is 5.91 Å². The number of hydrogen-bond acceptors (Lipinski definition) is 4. The second-order valence-corrected chi connectivity index (χ2v) is 4.76. The number of rotatable bonds is 3. The van der Waals surface area contributed by atoms with Crippen LogP contribution in [0.15, 0.2) is 18.3 Å². The normalized spacial score (nSPS) is 17.5. The third kappa shape index (κ3) is 2.91. The topological polar surface area (TPSA) is 75.0 Å². The maximum Gasteiger partial charge on any atom is 0.240 e. The van der Waals surface area contributed by atoms with E-state index in [1.807, 2.05) is 19.1 Å². The lowest BCUT2D eigenvalue weighted by molar-refractivity contribution is -0.132. The highest BCUT2D eigenvalue weighted by Crippen LogP contribution is 2.29. The molecule has 1 N–H and O–H groups in total. The van der Waals surface area contributed by atoms with Crippen LogP contribution >= 0.6 is 0 Å². The SMILES string of the molecule is Cc1cccnc1CNC(=O)C1(C#N)CCOCC1. The van der Waals surface area contributed by atoms with E-state index in [2.05, 4.69) is 16.4 Å². The minimum absolute atomic E-state index is 0.219. The number of amides is 1. The van der Waals surface area contributed by atoms with Crippen LogP contribution in [0.4, 0.5) is 0 Å².